The lowest BCUT2D eigenvalue weighted by atomic mass is 10.1. The van der Waals surface area contributed by atoms with Crippen LogP contribution in [0.1, 0.15) is 11.1 Å². The summed E-state index contributed by atoms with van der Waals surface area (Å²) in [5.74, 6) is 0.955. The summed E-state index contributed by atoms with van der Waals surface area (Å²) in [6.07, 6.45) is 0. The summed E-state index contributed by atoms with van der Waals surface area (Å²) in [5, 5.41) is 6.02. The van der Waals surface area contributed by atoms with Crippen molar-refractivity contribution in [3.63, 3.8) is 0 Å². The lowest BCUT2D eigenvalue weighted by Gasteiger charge is -2.08. The number of nitrogens with one attached hydrogen (secondary N) is 2. The fraction of sp³-hybridized carbons (Fsp3) is 0.308. The van der Waals surface area contributed by atoms with Crippen LogP contribution in [-0.2, 0) is 6.54 Å². The monoisotopic (exact) mass is 259 g/mol. The Morgan fingerprint density at radius 3 is 2.63 bits per heavy atom. The van der Waals surface area contributed by atoms with Gasteiger partial charge in [0.1, 0.15) is 0 Å². The summed E-state index contributed by atoms with van der Waals surface area (Å²) in [6.45, 7) is 2.71. The molecular formula is C13H17N5O. The Kier molecular flexibility index (Phi) is 4.12. The molecule has 6 heteroatoms. The molecule has 6 nitrogen and oxygen atoms in total. The van der Waals surface area contributed by atoms with Crippen molar-refractivity contribution in [1.82, 2.24) is 15.0 Å². The molecule has 0 radical (unpaired) electrons. The lowest BCUT2D eigenvalue weighted by Crippen LogP contribution is -2.08. The number of aromatic nitrogens is 3. The minimum Gasteiger partial charge on any atom is -0.467 e. The van der Waals surface area contributed by atoms with Gasteiger partial charge in [-0.1, -0.05) is 29.8 Å². The number of rotatable bonds is 5. The molecule has 0 aliphatic rings. The second-order valence-corrected chi connectivity index (χ2v) is 4.06. The number of aryl methyl sites for hydroxylation is 1. The highest BCUT2D eigenvalue weighted by Gasteiger charge is 2.05. The van der Waals surface area contributed by atoms with Gasteiger partial charge in [-0.05, 0) is 12.5 Å². The number of anilines is 2. The minimum absolute atomic E-state index is 0.283. The van der Waals surface area contributed by atoms with E-state index in [0.29, 0.717) is 18.4 Å². The standard InChI is InChI=1S/C13H17N5O/c1-9-5-4-6-10(7-9)8-15-12-16-11(14-2)17-13(18-12)19-3/h4-7H,8H2,1-3H3,(H2,14,15,16,17,18). The number of ether oxygens (including phenoxy) is 1. The van der Waals surface area contributed by atoms with E-state index in [-0.39, 0.29) is 6.01 Å². The van der Waals surface area contributed by atoms with Crippen molar-refractivity contribution >= 4 is 11.9 Å². The molecule has 0 fully saturated rings. The molecule has 0 aliphatic carbocycles. The van der Waals surface area contributed by atoms with E-state index >= 15 is 0 Å². The molecule has 1 heterocycles. The summed E-state index contributed by atoms with van der Waals surface area (Å²) < 4.78 is 5.03. The number of methoxy groups -OCH3 is 1. The first-order valence-electron chi connectivity index (χ1n) is 5.98. The SMILES string of the molecule is CNc1nc(NCc2cccc(C)c2)nc(OC)n1. The highest BCUT2D eigenvalue weighted by atomic mass is 16.5. The zero-order valence-electron chi connectivity index (χ0n) is 11.3. The van der Waals surface area contributed by atoms with Crippen LogP contribution < -0.4 is 15.4 Å². The Bertz CT molecular complexity index is 536. The molecule has 0 aliphatic heterocycles. The highest BCUT2D eigenvalue weighted by Crippen LogP contribution is 2.12. The third-order valence-corrected chi connectivity index (χ3v) is 2.55. The predicted molar refractivity (Wildman–Crippen MR) is 74.4 cm³/mol. The van der Waals surface area contributed by atoms with E-state index < -0.39 is 0 Å². The molecule has 0 spiro atoms. The van der Waals surface area contributed by atoms with E-state index in [0.717, 1.165) is 0 Å². The molecule has 0 unspecified atom stereocenters. The van der Waals surface area contributed by atoms with Crippen LogP contribution in [0.25, 0.3) is 0 Å². The molecule has 0 saturated heterocycles. The summed E-state index contributed by atoms with van der Waals surface area (Å²) >= 11 is 0. The molecular weight excluding hydrogens is 242 g/mol. The van der Waals surface area contributed by atoms with Crippen LogP contribution in [0, 0.1) is 6.92 Å². The van der Waals surface area contributed by atoms with Gasteiger partial charge in [0, 0.05) is 13.6 Å². The van der Waals surface area contributed by atoms with Crippen molar-refractivity contribution in [3.05, 3.63) is 35.4 Å². The van der Waals surface area contributed by atoms with Gasteiger partial charge >= 0.3 is 6.01 Å². The maximum Gasteiger partial charge on any atom is 0.322 e. The Hall–Kier alpha value is -2.37. The van der Waals surface area contributed by atoms with Crippen molar-refractivity contribution in [3.8, 4) is 6.01 Å². The van der Waals surface area contributed by atoms with Crippen molar-refractivity contribution in [1.29, 1.82) is 0 Å². The maximum atomic E-state index is 5.03. The first-order chi connectivity index (χ1) is 9.21. The molecule has 0 bridgehead atoms. The van der Waals surface area contributed by atoms with Gasteiger partial charge in [0.2, 0.25) is 11.9 Å². The van der Waals surface area contributed by atoms with Crippen LogP contribution >= 0.6 is 0 Å². The van der Waals surface area contributed by atoms with Gasteiger partial charge in [-0.3, -0.25) is 0 Å². The fourth-order valence-electron chi connectivity index (χ4n) is 1.64. The Balaban J connectivity index is 2.10. The predicted octanol–water partition coefficient (Wildman–Crippen LogP) is 1.84. The van der Waals surface area contributed by atoms with Crippen molar-refractivity contribution in [2.75, 3.05) is 24.8 Å². The first kappa shape index (κ1) is 13.1. The average Bonchev–Trinajstić information content (AvgIpc) is 2.44. The number of hydrogen-bond donors (Lipinski definition) is 2. The van der Waals surface area contributed by atoms with Crippen LogP contribution in [0.15, 0.2) is 24.3 Å². The summed E-state index contributed by atoms with van der Waals surface area (Å²) in [5.41, 5.74) is 2.40. The Labute approximate surface area is 112 Å². The van der Waals surface area contributed by atoms with Crippen LogP contribution in [-0.4, -0.2) is 29.1 Å². The van der Waals surface area contributed by atoms with Gasteiger partial charge in [0.15, 0.2) is 0 Å². The van der Waals surface area contributed by atoms with E-state index in [4.69, 9.17) is 4.74 Å². The smallest absolute Gasteiger partial charge is 0.322 e. The van der Waals surface area contributed by atoms with Crippen LogP contribution in [0.2, 0.25) is 0 Å². The normalized spacial score (nSPS) is 10.1. The third-order valence-electron chi connectivity index (χ3n) is 2.55. The van der Waals surface area contributed by atoms with E-state index in [1.54, 1.807) is 7.05 Å². The number of hydrogen-bond acceptors (Lipinski definition) is 6. The molecule has 0 amide bonds. The second-order valence-electron chi connectivity index (χ2n) is 4.06. The minimum atomic E-state index is 0.283. The largest absolute Gasteiger partial charge is 0.467 e. The van der Waals surface area contributed by atoms with Gasteiger partial charge in [0.25, 0.3) is 0 Å². The van der Waals surface area contributed by atoms with E-state index in [9.17, 15) is 0 Å². The first-order valence-corrected chi connectivity index (χ1v) is 5.98. The van der Waals surface area contributed by atoms with Gasteiger partial charge in [-0.25, -0.2) is 0 Å². The zero-order valence-corrected chi connectivity index (χ0v) is 11.3. The molecule has 0 atom stereocenters. The second kappa shape index (κ2) is 5.99. The molecule has 19 heavy (non-hydrogen) atoms. The van der Waals surface area contributed by atoms with Crippen molar-refractivity contribution in [2.24, 2.45) is 0 Å². The van der Waals surface area contributed by atoms with E-state index in [1.807, 2.05) is 6.07 Å². The highest BCUT2D eigenvalue weighted by molar-refractivity contribution is 5.36. The maximum absolute atomic E-state index is 5.03. The van der Waals surface area contributed by atoms with Crippen LogP contribution in [0.3, 0.4) is 0 Å². The molecule has 2 rings (SSSR count). The summed E-state index contributed by atoms with van der Waals surface area (Å²) in [4.78, 5) is 12.4. The third kappa shape index (κ3) is 3.54. The Morgan fingerprint density at radius 2 is 1.95 bits per heavy atom. The number of nitrogens with zero attached hydrogens (tertiary/aromatic N) is 3. The quantitative estimate of drug-likeness (QED) is 0.853. The zero-order chi connectivity index (χ0) is 13.7. The summed E-state index contributed by atoms with van der Waals surface area (Å²) in [7, 11) is 3.28. The van der Waals surface area contributed by atoms with E-state index in [1.165, 1.54) is 18.2 Å². The molecule has 2 N–H and O–H groups in total. The van der Waals surface area contributed by atoms with Gasteiger partial charge in [-0.2, -0.15) is 15.0 Å². The van der Waals surface area contributed by atoms with Crippen LogP contribution in [0.4, 0.5) is 11.9 Å². The van der Waals surface area contributed by atoms with Crippen molar-refractivity contribution < 1.29 is 4.74 Å². The molecule has 2 aromatic rings. The Morgan fingerprint density at radius 1 is 1.16 bits per heavy atom. The topological polar surface area (TPSA) is 72.0 Å². The summed E-state index contributed by atoms with van der Waals surface area (Å²) in [6, 6.07) is 8.54. The van der Waals surface area contributed by atoms with E-state index in [2.05, 4.69) is 50.7 Å². The van der Waals surface area contributed by atoms with Crippen molar-refractivity contribution in [2.45, 2.75) is 13.5 Å². The molecule has 100 valence electrons. The lowest BCUT2D eigenvalue weighted by molar-refractivity contribution is 0.379. The molecule has 0 saturated carbocycles. The molecule has 1 aromatic carbocycles. The fourth-order valence-corrected chi connectivity index (χ4v) is 1.64. The van der Waals surface area contributed by atoms with Gasteiger partial charge < -0.3 is 15.4 Å². The van der Waals surface area contributed by atoms with Crippen LogP contribution in [0.5, 0.6) is 6.01 Å². The van der Waals surface area contributed by atoms with Gasteiger partial charge in [0.05, 0.1) is 7.11 Å². The average molecular weight is 259 g/mol. The van der Waals surface area contributed by atoms with Gasteiger partial charge in [-0.15, -0.1) is 0 Å². The molecule has 1 aromatic heterocycles. The number of benzene rings is 1.